The highest BCUT2D eigenvalue weighted by molar-refractivity contribution is 5.77. The predicted octanol–water partition coefficient (Wildman–Crippen LogP) is 4.39. The second kappa shape index (κ2) is 5.99. The summed E-state index contributed by atoms with van der Waals surface area (Å²) in [5, 5.41) is 2.80. The molecule has 0 bridgehead atoms. The third kappa shape index (κ3) is 3.42. The second-order valence-corrected chi connectivity index (χ2v) is 5.09. The van der Waals surface area contributed by atoms with Gasteiger partial charge in [0.15, 0.2) is 0 Å². The lowest BCUT2D eigenvalue weighted by molar-refractivity contribution is 0.244. The first-order chi connectivity index (χ1) is 9.88. The SMILES string of the molecule is Cc1cc(F)c(Nc2cccc(OC(C)C)c2N)cc1F. The molecule has 2 aromatic rings. The van der Waals surface area contributed by atoms with Crippen LogP contribution in [-0.2, 0) is 0 Å². The molecular weight excluding hydrogens is 274 g/mol. The molecular formula is C16H18F2N2O. The van der Waals surface area contributed by atoms with E-state index in [1.807, 2.05) is 13.8 Å². The van der Waals surface area contributed by atoms with Crippen LogP contribution >= 0.6 is 0 Å². The van der Waals surface area contributed by atoms with Crippen LogP contribution in [-0.4, -0.2) is 6.10 Å². The molecule has 0 fully saturated rings. The highest BCUT2D eigenvalue weighted by atomic mass is 19.1. The number of nitrogens with one attached hydrogen (secondary N) is 1. The summed E-state index contributed by atoms with van der Waals surface area (Å²) in [6.07, 6.45) is -0.0314. The van der Waals surface area contributed by atoms with Crippen LogP contribution in [0.1, 0.15) is 19.4 Å². The molecule has 5 heteroatoms. The Bertz CT molecular complexity index is 657. The number of aryl methyl sites for hydroxylation is 1. The molecule has 0 aliphatic carbocycles. The Labute approximate surface area is 122 Å². The van der Waals surface area contributed by atoms with Crippen LogP contribution in [0.4, 0.5) is 25.8 Å². The van der Waals surface area contributed by atoms with Crippen LogP contribution in [0, 0.1) is 18.6 Å². The minimum Gasteiger partial charge on any atom is -0.489 e. The van der Waals surface area contributed by atoms with Crippen molar-refractivity contribution in [2.24, 2.45) is 0 Å². The van der Waals surface area contributed by atoms with Gasteiger partial charge in [-0.05, 0) is 44.5 Å². The molecule has 21 heavy (non-hydrogen) atoms. The van der Waals surface area contributed by atoms with Gasteiger partial charge >= 0.3 is 0 Å². The number of rotatable bonds is 4. The smallest absolute Gasteiger partial charge is 0.147 e. The number of halogens is 2. The molecule has 0 aliphatic heterocycles. The van der Waals surface area contributed by atoms with Crippen molar-refractivity contribution in [3.8, 4) is 5.75 Å². The van der Waals surface area contributed by atoms with Crippen LogP contribution < -0.4 is 15.8 Å². The molecule has 2 rings (SSSR count). The van der Waals surface area contributed by atoms with Gasteiger partial charge in [0.2, 0.25) is 0 Å². The summed E-state index contributed by atoms with van der Waals surface area (Å²) < 4.78 is 33.0. The fourth-order valence-corrected chi connectivity index (χ4v) is 1.90. The highest BCUT2D eigenvalue weighted by Gasteiger charge is 2.11. The van der Waals surface area contributed by atoms with E-state index in [2.05, 4.69) is 5.32 Å². The van der Waals surface area contributed by atoms with Crippen molar-refractivity contribution >= 4 is 17.1 Å². The molecule has 2 aromatic carbocycles. The van der Waals surface area contributed by atoms with Crippen molar-refractivity contribution < 1.29 is 13.5 Å². The second-order valence-electron chi connectivity index (χ2n) is 5.09. The van der Waals surface area contributed by atoms with Crippen molar-refractivity contribution in [3.05, 3.63) is 47.5 Å². The summed E-state index contributed by atoms with van der Waals surface area (Å²) in [6.45, 7) is 5.27. The predicted molar refractivity (Wildman–Crippen MR) is 81.0 cm³/mol. The van der Waals surface area contributed by atoms with Crippen LogP contribution in [0.2, 0.25) is 0 Å². The van der Waals surface area contributed by atoms with Gasteiger partial charge in [0.05, 0.1) is 23.2 Å². The highest BCUT2D eigenvalue weighted by Crippen LogP contribution is 2.33. The Morgan fingerprint density at radius 2 is 1.81 bits per heavy atom. The van der Waals surface area contributed by atoms with Gasteiger partial charge in [-0.3, -0.25) is 0 Å². The van der Waals surface area contributed by atoms with Crippen LogP contribution in [0.5, 0.6) is 5.75 Å². The molecule has 3 nitrogen and oxygen atoms in total. The number of hydrogen-bond donors (Lipinski definition) is 2. The first-order valence-corrected chi connectivity index (χ1v) is 6.66. The van der Waals surface area contributed by atoms with Gasteiger partial charge in [-0.15, -0.1) is 0 Å². The summed E-state index contributed by atoms with van der Waals surface area (Å²) >= 11 is 0. The van der Waals surface area contributed by atoms with Crippen LogP contribution in [0.15, 0.2) is 30.3 Å². The van der Waals surface area contributed by atoms with Gasteiger partial charge in [-0.25, -0.2) is 8.78 Å². The van der Waals surface area contributed by atoms with Crippen molar-refractivity contribution in [1.82, 2.24) is 0 Å². The van der Waals surface area contributed by atoms with E-state index in [4.69, 9.17) is 10.5 Å². The first-order valence-electron chi connectivity index (χ1n) is 6.66. The zero-order valence-corrected chi connectivity index (χ0v) is 12.2. The van der Waals surface area contributed by atoms with E-state index < -0.39 is 11.6 Å². The zero-order chi connectivity index (χ0) is 15.6. The van der Waals surface area contributed by atoms with E-state index >= 15 is 0 Å². The number of ether oxygens (including phenoxy) is 1. The van der Waals surface area contributed by atoms with Gasteiger partial charge in [-0.1, -0.05) is 6.07 Å². The van der Waals surface area contributed by atoms with Crippen molar-refractivity contribution in [3.63, 3.8) is 0 Å². The fourth-order valence-electron chi connectivity index (χ4n) is 1.90. The standard InChI is InChI=1S/C16H18F2N2O/c1-9(2)21-15-6-4-5-13(16(15)19)20-14-8-11(17)10(3)7-12(14)18/h4-9,20H,19H2,1-3H3. The molecule has 0 radical (unpaired) electrons. The number of anilines is 3. The van der Waals surface area contributed by atoms with Crippen LogP contribution in [0.3, 0.4) is 0 Å². The van der Waals surface area contributed by atoms with E-state index in [1.165, 1.54) is 6.92 Å². The molecule has 0 heterocycles. The number of nitrogen functional groups attached to an aromatic ring is 1. The Hall–Kier alpha value is -2.30. The molecule has 3 N–H and O–H groups in total. The largest absolute Gasteiger partial charge is 0.489 e. The maximum Gasteiger partial charge on any atom is 0.147 e. The minimum absolute atomic E-state index is 0.0314. The van der Waals surface area contributed by atoms with Crippen molar-refractivity contribution in [1.29, 1.82) is 0 Å². The summed E-state index contributed by atoms with van der Waals surface area (Å²) in [5.41, 5.74) is 7.10. The number of nitrogens with two attached hydrogens (primary N) is 1. The summed E-state index contributed by atoms with van der Waals surface area (Å²) in [5.74, 6) is -0.515. The molecule has 0 aliphatic rings. The van der Waals surface area contributed by atoms with E-state index in [1.54, 1.807) is 18.2 Å². The molecule has 0 atom stereocenters. The molecule has 0 unspecified atom stereocenters. The lowest BCUT2D eigenvalue weighted by Gasteiger charge is -2.16. The summed E-state index contributed by atoms with van der Waals surface area (Å²) in [7, 11) is 0. The van der Waals surface area contributed by atoms with Gasteiger partial charge in [0, 0.05) is 6.07 Å². The third-order valence-electron chi connectivity index (χ3n) is 2.95. The molecule has 0 saturated heterocycles. The van der Waals surface area contributed by atoms with Gasteiger partial charge in [0.1, 0.15) is 17.4 Å². The maximum atomic E-state index is 13.9. The quantitative estimate of drug-likeness (QED) is 0.822. The maximum absolute atomic E-state index is 13.9. The Kier molecular flexibility index (Phi) is 4.31. The molecule has 112 valence electrons. The molecule has 0 saturated carbocycles. The van der Waals surface area contributed by atoms with E-state index in [9.17, 15) is 8.78 Å². The lowest BCUT2D eigenvalue weighted by atomic mass is 10.2. The average molecular weight is 292 g/mol. The molecule has 0 aromatic heterocycles. The molecule has 0 amide bonds. The van der Waals surface area contributed by atoms with Crippen molar-refractivity contribution in [2.75, 3.05) is 11.1 Å². The summed E-state index contributed by atoms with van der Waals surface area (Å²) in [4.78, 5) is 0. The van der Waals surface area contributed by atoms with Gasteiger partial charge in [-0.2, -0.15) is 0 Å². The number of hydrogen-bond acceptors (Lipinski definition) is 3. The summed E-state index contributed by atoms with van der Waals surface area (Å²) in [6, 6.07) is 7.40. The Balaban J connectivity index is 2.34. The topological polar surface area (TPSA) is 47.3 Å². The van der Waals surface area contributed by atoms with E-state index in [0.29, 0.717) is 17.1 Å². The van der Waals surface area contributed by atoms with E-state index in [-0.39, 0.29) is 17.4 Å². The van der Waals surface area contributed by atoms with Crippen LogP contribution in [0.25, 0.3) is 0 Å². The lowest BCUT2D eigenvalue weighted by Crippen LogP contribution is -2.08. The first kappa shape index (κ1) is 15.1. The van der Waals surface area contributed by atoms with Gasteiger partial charge in [0.25, 0.3) is 0 Å². The van der Waals surface area contributed by atoms with Crippen molar-refractivity contribution in [2.45, 2.75) is 26.9 Å². The molecule has 0 spiro atoms. The minimum atomic E-state index is -0.538. The Morgan fingerprint density at radius 3 is 2.48 bits per heavy atom. The monoisotopic (exact) mass is 292 g/mol. The Morgan fingerprint density at radius 1 is 1.10 bits per heavy atom. The van der Waals surface area contributed by atoms with Gasteiger partial charge < -0.3 is 15.8 Å². The number of benzene rings is 2. The number of para-hydroxylation sites is 1. The third-order valence-corrected chi connectivity index (χ3v) is 2.95. The average Bonchev–Trinajstić information content (AvgIpc) is 2.40. The van der Waals surface area contributed by atoms with E-state index in [0.717, 1.165) is 12.1 Å². The normalized spacial score (nSPS) is 10.8. The fraction of sp³-hybridized carbons (Fsp3) is 0.250. The zero-order valence-electron chi connectivity index (χ0n) is 12.2.